The standard InChI is InChI=1S/C13H23N3/c1-2-4-8-12(9-5-3-1)13-10-6-7-11-14-16-15-13/h8,14,16H,1-7,9-11H2/b12-8+,15-13+. The third kappa shape index (κ3) is 3.63. The van der Waals surface area contributed by atoms with Gasteiger partial charge in [0.15, 0.2) is 0 Å². The number of nitrogens with one attached hydrogen (secondary N) is 2. The van der Waals surface area contributed by atoms with E-state index in [1.807, 2.05) is 0 Å². The van der Waals surface area contributed by atoms with Crippen LogP contribution in [0, 0.1) is 0 Å². The molecule has 0 atom stereocenters. The second kappa shape index (κ2) is 6.69. The number of allylic oxidation sites excluding steroid dienone is 2. The summed E-state index contributed by atoms with van der Waals surface area (Å²) in [6.07, 6.45) is 14.0. The van der Waals surface area contributed by atoms with E-state index in [-0.39, 0.29) is 0 Å². The molecule has 0 aromatic heterocycles. The molecule has 90 valence electrons. The fourth-order valence-corrected chi connectivity index (χ4v) is 2.41. The minimum Gasteiger partial charge on any atom is -0.243 e. The van der Waals surface area contributed by atoms with Gasteiger partial charge in [-0.25, -0.2) is 11.0 Å². The Hall–Kier alpha value is -0.830. The second-order valence-electron chi connectivity index (χ2n) is 4.74. The van der Waals surface area contributed by atoms with Gasteiger partial charge in [-0.2, -0.15) is 5.10 Å². The van der Waals surface area contributed by atoms with Gasteiger partial charge >= 0.3 is 0 Å². The Bertz CT molecular complexity index is 240. The van der Waals surface area contributed by atoms with Crippen molar-refractivity contribution in [3.63, 3.8) is 0 Å². The summed E-state index contributed by atoms with van der Waals surface area (Å²) in [6, 6.07) is 0. The maximum Gasteiger partial charge on any atom is 0.0647 e. The van der Waals surface area contributed by atoms with Crippen molar-refractivity contribution in [2.75, 3.05) is 6.54 Å². The molecule has 1 heterocycles. The van der Waals surface area contributed by atoms with Gasteiger partial charge in [0, 0.05) is 6.54 Å². The Morgan fingerprint density at radius 3 is 2.81 bits per heavy atom. The smallest absolute Gasteiger partial charge is 0.0647 e. The van der Waals surface area contributed by atoms with Gasteiger partial charge in [-0.15, -0.1) is 0 Å². The van der Waals surface area contributed by atoms with E-state index in [0.717, 1.165) is 13.0 Å². The summed E-state index contributed by atoms with van der Waals surface area (Å²) in [5.74, 6) is 0. The van der Waals surface area contributed by atoms with Crippen LogP contribution in [0.2, 0.25) is 0 Å². The Balaban J connectivity index is 2.01. The van der Waals surface area contributed by atoms with Gasteiger partial charge in [-0.3, -0.25) is 0 Å². The zero-order chi connectivity index (χ0) is 11.1. The largest absolute Gasteiger partial charge is 0.243 e. The number of hydrazone groups is 1. The molecule has 0 saturated carbocycles. The Labute approximate surface area is 98.4 Å². The summed E-state index contributed by atoms with van der Waals surface area (Å²) in [6.45, 7) is 1.02. The van der Waals surface area contributed by atoms with E-state index >= 15 is 0 Å². The van der Waals surface area contributed by atoms with Crippen LogP contribution in [0.1, 0.15) is 57.8 Å². The topological polar surface area (TPSA) is 36.4 Å². The van der Waals surface area contributed by atoms with Crippen molar-refractivity contribution in [3.05, 3.63) is 11.6 Å². The molecular formula is C13H23N3. The van der Waals surface area contributed by atoms with Crippen LogP contribution in [0.5, 0.6) is 0 Å². The quantitative estimate of drug-likeness (QED) is 0.714. The Morgan fingerprint density at radius 1 is 0.938 bits per heavy atom. The van der Waals surface area contributed by atoms with Crippen LogP contribution < -0.4 is 11.0 Å². The highest BCUT2D eigenvalue weighted by atomic mass is 15.6. The molecule has 0 radical (unpaired) electrons. The van der Waals surface area contributed by atoms with Crippen molar-refractivity contribution >= 4 is 5.71 Å². The second-order valence-corrected chi connectivity index (χ2v) is 4.74. The van der Waals surface area contributed by atoms with E-state index in [9.17, 15) is 0 Å². The van der Waals surface area contributed by atoms with Gasteiger partial charge in [0.1, 0.15) is 0 Å². The summed E-state index contributed by atoms with van der Waals surface area (Å²) >= 11 is 0. The molecule has 2 N–H and O–H groups in total. The van der Waals surface area contributed by atoms with Crippen molar-refractivity contribution in [2.24, 2.45) is 5.10 Å². The normalized spacial score (nSPS) is 30.5. The van der Waals surface area contributed by atoms with Crippen molar-refractivity contribution in [2.45, 2.75) is 57.8 Å². The zero-order valence-electron chi connectivity index (χ0n) is 10.1. The Kier molecular flexibility index (Phi) is 4.87. The van der Waals surface area contributed by atoms with Crippen LogP contribution in [0.15, 0.2) is 16.8 Å². The molecule has 16 heavy (non-hydrogen) atoms. The molecule has 0 unspecified atom stereocenters. The summed E-state index contributed by atoms with van der Waals surface area (Å²) in [7, 11) is 0. The molecule has 0 amide bonds. The van der Waals surface area contributed by atoms with Crippen LogP contribution in [-0.2, 0) is 0 Å². The van der Waals surface area contributed by atoms with Crippen molar-refractivity contribution in [1.29, 1.82) is 0 Å². The van der Waals surface area contributed by atoms with Gasteiger partial charge in [0.2, 0.25) is 0 Å². The average molecular weight is 221 g/mol. The van der Waals surface area contributed by atoms with E-state index in [2.05, 4.69) is 22.1 Å². The molecule has 0 bridgehead atoms. The van der Waals surface area contributed by atoms with E-state index in [1.54, 1.807) is 0 Å². The molecule has 2 aliphatic rings. The van der Waals surface area contributed by atoms with Gasteiger partial charge < -0.3 is 0 Å². The van der Waals surface area contributed by atoms with Crippen LogP contribution in [0.4, 0.5) is 0 Å². The lowest BCUT2D eigenvalue weighted by atomic mass is 9.94. The highest BCUT2D eigenvalue weighted by molar-refractivity contribution is 5.99. The Morgan fingerprint density at radius 2 is 1.81 bits per heavy atom. The minimum absolute atomic E-state index is 1.02. The number of hydrazine groups is 1. The predicted molar refractivity (Wildman–Crippen MR) is 68.2 cm³/mol. The molecule has 3 nitrogen and oxygen atoms in total. The molecule has 0 aromatic carbocycles. The van der Waals surface area contributed by atoms with E-state index in [1.165, 1.54) is 62.7 Å². The van der Waals surface area contributed by atoms with Gasteiger partial charge in [-0.05, 0) is 50.5 Å². The lowest BCUT2D eigenvalue weighted by Gasteiger charge is -2.16. The highest BCUT2D eigenvalue weighted by Gasteiger charge is 2.10. The maximum atomic E-state index is 4.47. The first-order chi connectivity index (χ1) is 7.97. The monoisotopic (exact) mass is 221 g/mol. The molecule has 0 fully saturated rings. The third-order valence-electron chi connectivity index (χ3n) is 3.40. The summed E-state index contributed by atoms with van der Waals surface area (Å²) in [5.41, 5.74) is 8.87. The lowest BCUT2D eigenvalue weighted by Crippen LogP contribution is -2.31. The number of nitrogens with zero attached hydrogens (tertiary/aromatic N) is 1. The van der Waals surface area contributed by atoms with Crippen molar-refractivity contribution in [3.8, 4) is 0 Å². The van der Waals surface area contributed by atoms with E-state index < -0.39 is 0 Å². The first-order valence-electron chi connectivity index (χ1n) is 6.70. The summed E-state index contributed by atoms with van der Waals surface area (Å²) in [4.78, 5) is 0. The number of rotatable bonds is 1. The SMILES string of the molecule is C1=C(/C2=N/NNCCCC2)CCCCCC/1. The minimum atomic E-state index is 1.02. The molecule has 0 saturated heterocycles. The maximum absolute atomic E-state index is 4.47. The molecular weight excluding hydrogens is 198 g/mol. The summed E-state index contributed by atoms with van der Waals surface area (Å²) in [5, 5.41) is 4.47. The number of hydrogen-bond donors (Lipinski definition) is 2. The van der Waals surface area contributed by atoms with Crippen molar-refractivity contribution < 1.29 is 0 Å². The highest BCUT2D eigenvalue weighted by Crippen LogP contribution is 2.20. The van der Waals surface area contributed by atoms with Crippen LogP contribution >= 0.6 is 0 Å². The average Bonchev–Trinajstić information content (AvgIpc) is 2.18. The molecule has 0 aromatic rings. The van der Waals surface area contributed by atoms with Crippen LogP contribution in [0.25, 0.3) is 0 Å². The third-order valence-corrected chi connectivity index (χ3v) is 3.40. The summed E-state index contributed by atoms with van der Waals surface area (Å²) < 4.78 is 0. The van der Waals surface area contributed by atoms with Crippen LogP contribution in [-0.4, -0.2) is 12.3 Å². The van der Waals surface area contributed by atoms with Crippen molar-refractivity contribution in [1.82, 2.24) is 11.0 Å². The predicted octanol–water partition coefficient (Wildman–Crippen LogP) is 2.90. The lowest BCUT2D eigenvalue weighted by molar-refractivity contribution is 0.518. The molecule has 3 heteroatoms. The number of hydrogen-bond acceptors (Lipinski definition) is 3. The zero-order valence-corrected chi connectivity index (χ0v) is 10.1. The molecule has 1 aliphatic heterocycles. The van der Waals surface area contributed by atoms with Gasteiger partial charge in [-0.1, -0.05) is 18.9 Å². The van der Waals surface area contributed by atoms with E-state index in [4.69, 9.17) is 0 Å². The van der Waals surface area contributed by atoms with Gasteiger partial charge in [0.25, 0.3) is 0 Å². The van der Waals surface area contributed by atoms with E-state index in [0.29, 0.717) is 0 Å². The first kappa shape index (κ1) is 11.6. The van der Waals surface area contributed by atoms with Gasteiger partial charge in [0.05, 0.1) is 5.71 Å². The van der Waals surface area contributed by atoms with Crippen LogP contribution in [0.3, 0.4) is 0 Å². The fourth-order valence-electron chi connectivity index (χ4n) is 2.41. The molecule has 1 aliphatic carbocycles. The first-order valence-corrected chi connectivity index (χ1v) is 6.70. The molecule has 2 rings (SSSR count). The fraction of sp³-hybridized carbons (Fsp3) is 0.769. The molecule has 0 spiro atoms.